The molecule has 5 heteroatoms. The van der Waals surface area contributed by atoms with Crippen LogP contribution in [0.2, 0.25) is 0 Å². The zero-order valence-electron chi connectivity index (χ0n) is 10.8. The SMILES string of the molecule is C=CCOC(=O)N[C@H](Cc1cccc(C)c1)C(=O)O. The number of carboxylic acids is 1. The summed E-state index contributed by atoms with van der Waals surface area (Å²) in [6, 6.07) is 6.45. The highest BCUT2D eigenvalue weighted by Gasteiger charge is 2.20. The van der Waals surface area contributed by atoms with E-state index in [2.05, 4.69) is 11.9 Å². The molecule has 1 aromatic carbocycles. The Bertz CT molecular complexity index is 470. The second-order valence-electron chi connectivity index (χ2n) is 4.12. The average molecular weight is 263 g/mol. The van der Waals surface area contributed by atoms with Crippen LogP contribution in [0.5, 0.6) is 0 Å². The largest absolute Gasteiger partial charge is 0.480 e. The van der Waals surface area contributed by atoms with Crippen LogP contribution in [0.1, 0.15) is 11.1 Å². The molecule has 0 aliphatic heterocycles. The Morgan fingerprint density at radius 2 is 2.26 bits per heavy atom. The molecule has 19 heavy (non-hydrogen) atoms. The zero-order chi connectivity index (χ0) is 14.3. The van der Waals surface area contributed by atoms with E-state index in [1.165, 1.54) is 6.08 Å². The predicted octanol–water partition coefficient (Wildman–Crippen LogP) is 1.90. The molecule has 0 radical (unpaired) electrons. The zero-order valence-corrected chi connectivity index (χ0v) is 10.8. The van der Waals surface area contributed by atoms with Gasteiger partial charge in [-0.05, 0) is 12.5 Å². The number of rotatable bonds is 6. The molecular formula is C14H17NO4. The Hall–Kier alpha value is -2.30. The number of carboxylic acid groups (broad SMARTS) is 1. The lowest BCUT2D eigenvalue weighted by atomic mass is 10.0. The van der Waals surface area contributed by atoms with E-state index in [9.17, 15) is 9.59 Å². The standard InChI is InChI=1S/C14H17NO4/c1-3-7-19-14(18)15-12(13(16)17)9-11-6-4-5-10(2)8-11/h3-6,8,12H,1,7,9H2,2H3,(H,15,18)(H,16,17)/t12-/m1/s1. The molecule has 2 N–H and O–H groups in total. The molecule has 0 saturated heterocycles. The van der Waals surface area contributed by atoms with Crippen LogP contribution in [0.3, 0.4) is 0 Å². The molecule has 1 rings (SSSR count). The minimum Gasteiger partial charge on any atom is -0.480 e. The van der Waals surface area contributed by atoms with Crippen LogP contribution in [0.4, 0.5) is 4.79 Å². The molecule has 0 saturated carbocycles. The number of aliphatic carboxylic acids is 1. The summed E-state index contributed by atoms with van der Waals surface area (Å²) < 4.78 is 4.70. The Balaban J connectivity index is 2.65. The molecule has 1 amide bonds. The topological polar surface area (TPSA) is 75.6 Å². The van der Waals surface area contributed by atoms with Crippen molar-refractivity contribution < 1.29 is 19.4 Å². The van der Waals surface area contributed by atoms with E-state index in [4.69, 9.17) is 9.84 Å². The van der Waals surface area contributed by atoms with Gasteiger partial charge < -0.3 is 15.2 Å². The first-order chi connectivity index (χ1) is 9.02. The third-order valence-corrected chi connectivity index (χ3v) is 2.44. The van der Waals surface area contributed by atoms with Crippen molar-refractivity contribution in [2.45, 2.75) is 19.4 Å². The van der Waals surface area contributed by atoms with Crippen molar-refractivity contribution in [1.82, 2.24) is 5.32 Å². The molecule has 102 valence electrons. The minimum absolute atomic E-state index is 0.0443. The molecule has 0 unspecified atom stereocenters. The fourth-order valence-corrected chi connectivity index (χ4v) is 1.59. The summed E-state index contributed by atoms with van der Waals surface area (Å²) in [5.74, 6) is -1.10. The van der Waals surface area contributed by atoms with Crippen LogP contribution in [0.25, 0.3) is 0 Å². The average Bonchev–Trinajstić information content (AvgIpc) is 2.35. The summed E-state index contributed by atoms with van der Waals surface area (Å²) in [7, 11) is 0. The highest BCUT2D eigenvalue weighted by molar-refractivity contribution is 5.80. The summed E-state index contributed by atoms with van der Waals surface area (Å²) >= 11 is 0. The summed E-state index contributed by atoms with van der Waals surface area (Å²) in [6.45, 7) is 5.37. The summed E-state index contributed by atoms with van der Waals surface area (Å²) in [5.41, 5.74) is 1.88. The van der Waals surface area contributed by atoms with Crippen LogP contribution in [-0.2, 0) is 16.0 Å². The number of amides is 1. The van der Waals surface area contributed by atoms with E-state index >= 15 is 0 Å². The first-order valence-corrected chi connectivity index (χ1v) is 5.85. The van der Waals surface area contributed by atoms with Crippen LogP contribution in [0.15, 0.2) is 36.9 Å². The molecule has 0 bridgehead atoms. The van der Waals surface area contributed by atoms with Crippen molar-refractivity contribution in [3.63, 3.8) is 0 Å². The number of ether oxygens (including phenoxy) is 1. The first kappa shape index (κ1) is 14.8. The van der Waals surface area contributed by atoms with Gasteiger partial charge in [0, 0.05) is 6.42 Å². The maximum atomic E-state index is 11.3. The molecule has 1 aromatic rings. The Labute approximate surface area is 111 Å². The van der Waals surface area contributed by atoms with E-state index in [1.54, 1.807) is 0 Å². The number of hydrogen-bond donors (Lipinski definition) is 2. The molecule has 0 spiro atoms. The van der Waals surface area contributed by atoms with Crippen molar-refractivity contribution in [2.24, 2.45) is 0 Å². The van der Waals surface area contributed by atoms with Gasteiger partial charge in [0.2, 0.25) is 0 Å². The van der Waals surface area contributed by atoms with E-state index < -0.39 is 18.1 Å². The Morgan fingerprint density at radius 1 is 1.53 bits per heavy atom. The number of benzene rings is 1. The lowest BCUT2D eigenvalue weighted by Gasteiger charge is -2.14. The normalized spacial score (nSPS) is 11.4. The van der Waals surface area contributed by atoms with Gasteiger partial charge in [-0.1, -0.05) is 42.5 Å². The van der Waals surface area contributed by atoms with Crippen LogP contribution in [-0.4, -0.2) is 29.8 Å². The highest BCUT2D eigenvalue weighted by atomic mass is 16.5. The van der Waals surface area contributed by atoms with E-state index in [-0.39, 0.29) is 13.0 Å². The minimum atomic E-state index is -1.10. The lowest BCUT2D eigenvalue weighted by molar-refractivity contribution is -0.139. The molecule has 0 heterocycles. The first-order valence-electron chi connectivity index (χ1n) is 5.85. The van der Waals surface area contributed by atoms with E-state index in [0.29, 0.717) is 0 Å². The van der Waals surface area contributed by atoms with Crippen molar-refractivity contribution in [3.8, 4) is 0 Å². The van der Waals surface area contributed by atoms with Crippen LogP contribution < -0.4 is 5.32 Å². The third kappa shape index (κ3) is 5.25. The maximum absolute atomic E-state index is 11.3. The van der Waals surface area contributed by atoms with Crippen molar-refractivity contribution >= 4 is 12.1 Å². The van der Waals surface area contributed by atoms with Crippen LogP contribution in [0, 0.1) is 6.92 Å². The van der Waals surface area contributed by atoms with Gasteiger partial charge in [-0.15, -0.1) is 0 Å². The number of nitrogens with one attached hydrogen (secondary N) is 1. The van der Waals surface area contributed by atoms with Gasteiger partial charge in [-0.3, -0.25) is 0 Å². The fourth-order valence-electron chi connectivity index (χ4n) is 1.59. The Morgan fingerprint density at radius 3 is 2.84 bits per heavy atom. The van der Waals surface area contributed by atoms with E-state index in [1.807, 2.05) is 31.2 Å². The van der Waals surface area contributed by atoms with Gasteiger partial charge in [0.15, 0.2) is 0 Å². The molecule has 0 fully saturated rings. The monoisotopic (exact) mass is 263 g/mol. The molecule has 1 atom stereocenters. The third-order valence-electron chi connectivity index (χ3n) is 2.44. The number of aryl methyl sites for hydroxylation is 1. The van der Waals surface area contributed by atoms with Gasteiger partial charge in [0.1, 0.15) is 12.6 Å². The fraction of sp³-hybridized carbons (Fsp3) is 0.286. The predicted molar refractivity (Wildman–Crippen MR) is 71.0 cm³/mol. The maximum Gasteiger partial charge on any atom is 0.408 e. The number of hydrogen-bond acceptors (Lipinski definition) is 3. The Kier molecular flexibility index (Phi) is 5.60. The molecule has 0 aliphatic rings. The van der Waals surface area contributed by atoms with Gasteiger partial charge in [0.05, 0.1) is 0 Å². The molecular weight excluding hydrogens is 246 g/mol. The van der Waals surface area contributed by atoms with Crippen molar-refractivity contribution in [2.75, 3.05) is 6.61 Å². The van der Waals surface area contributed by atoms with Crippen molar-refractivity contribution in [3.05, 3.63) is 48.0 Å². The molecule has 0 aromatic heterocycles. The van der Waals surface area contributed by atoms with Gasteiger partial charge in [-0.25, -0.2) is 9.59 Å². The quantitative estimate of drug-likeness (QED) is 0.769. The lowest BCUT2D eigenvalue weighted by Crippen LogP contribution is -2.42. The van der Waals surface area contributed by atoms with Crippen molar-refractivity contribution in [1.29, 1.82) is 0 Å². The second-order valence-corrected chi connectivity index (χ2v) is 4.12. The highest BCUT2D eigenvalue weighted by Crippen LogP contribution is 2.07. The number of carbonyl (C=O) groups excluding carboxylic acids is 1. The second kappa shape index (κ2) is 7.20. The van der Waals surface area contributed by atoms with E-state index in [0.717, 1.165) is 11.1 Å². The number of carbonyl (C=O) groups is 2. The van der Waals surface area contributed by atoms with Gasteiger partial charge in [-0.2, -0.15) is 0 Å². The number of alkyl carbamates (subject to hydrolysis) is 1. The molecule has 0 aliphatic carbocycles. The van der Waals surface area contributed by atoms with Gasteiger partial charge in [0.25, 0.3) is 0 Å². The summed E-state index contributed by atoms with van der Waals surface area (Å²) in [5, 5.41) is 11.4. The van der Waals surface area contributed by atoms with Gasteiger partial charge >= 0.3 is 12.1 Å². The summed E-state index contributed by atoms with van der Waals surface area (Å²) in [6.07, 6.45) is 0.857. The smallest absolute Gasteiger partial charge is 0.408 e. The summed E-state index contributed by atoms with van der Waals surface area (Å²) in [4.78, 5) is 22.4. The molecule has 5 nitrogen and oxygen atoms in total. The van der Waals surface area contributed by atoms with Crippen LogP contribution >= 0.6 is 0 Å².